The van der Waals surface area contributed by atoms with E-state index in [2.05, 4.69) is 36.0 Å². The first kappa shape index (κ1) is 27.8. The van der Waals surface area contributed by atoms with E-state index in [1.54, 1.807) is 37.3 Å². The summed E-state index contributed by atoms with van der Waals surface area (Å²) in [7, 11) is -1.48. The number of nitrogens with one attached hydrogen (secondary N) is 1. The highest BCUT2D eigenvalue weighted by atomic mass is 32.2. The van der Waals surface area contributed by atoms with Gasteiger partial charge in [0.25, 0.3) is 11.8 Å². The molecule has 196 valence electrons. The number of hydrogen-bond acceptors (Lipinski definition) is 9. The van der Waals surface area contributed by atoms with Gasteiger partial charge >= 0.3 is 11.9 Å². The Hall–Kier alpha value is -4.76. The Morgan fingerprint density at radius 3 is 2.32 bits per heavy atom. The van der Waals surface area contributed by atoms with E-state index in [0.717, 1.165) is 14.2 Å². The summed E-state index contributed by atoms with van der Waals surface area (Å²) in [5.41, 5.74) is 2.08. The quantitative estimate of drug-likeness (QED) is 0.354. The molecule has 2 heterocycles. The monoisotopic (exact) mass is 537 g/mol. The summed E-state index contributed by atoms with van der Waals surface area (Å²) in [6, 6.07) is 9.87. The van der Waals surface area contributed by atoms with Gasteiger partial charge in [0.1, 0.15) is 11.5 Å². The number of benzene rings is 1. The topological polar surface area (TPSA) is 154 Å². The molecular weight excluding hydrogens is 514 g/mol. The van der Waals surface area contributed by atoms with Crippen molar-refractivity contribution in [3.63, 3.8) is 0 Å². The van der Waals surface area contributed by atoms with Crippen LogP contribution >= 0.6 is 0 Å². The van der Waals surface area contributed by atoms with Crippen molar-refractivity contribution in [2.75, 3.05) is 31.0 Å². The second-order valence-electron chi connectivity index (χ2n) is 7.79. The predicted octanol–water partition coefficient (Wildman–Crippen LogP) is 2.59. The summed E-state index contributed by atoms with van der Waals surface area (Å²) < 4.78 is 30.9. The lowest BCUT2D eigenvalue weighted by Gasteiger charge is -2.07. The number of aromatic nitrogens is 1. The number of furan rings is 1. The van der Waals surface area contributed by atoms with Gasteiger partial charge in [-0.25, -0.2) is 4.21 Å². The molecule has 0 aliphatic carbocycles. The molecule has 2 amide bonds. The van der Waals surface area contributed by atoms with Crippen LogP contribution in [0.4, 0.5) is 5.69 Å². The van der Waals surface area contributed by atoms with Crippen LogP contribution in [0.1, 0.15) is 37.6 Å². The fourth-order valence-electron chi connectivity index (χ4n) is 3.04. The fourth-order valence-corrected chi connectivity index (χ4v) is 4.65. The number of aryl methyl sites for hydroxylation is 1. The molecule has 0 fully saturated rings. The summed E-state index contributed by atoms with van der Waals surface area (Å²) in [6.07, 6.45) is 4.04. The number of nitrogens with zero attached hydrogens (tertiary/aromatic N) is 2. The van der Waals surface area contributed by atoms with E-state index in [1.807, 2.05) is 0 Å². The maximum atomic E-state index is 13.0. The molecule has 1 N–H and O–H groups in total. The number of methoxy groups -OCH3 is 2. The Bertz CT molecular complexity index is 1550. The number of hydrogen-bond donors (Lipinski definition) is 1. The van der Waals surface area contributed by atoms with Crippen LogP contribution in [0.15, 0.2) is 63.8 Å². The molecule has 12 heteroatoms. The van der Waals surface area contributed by atoms with E-state index in [-0.39, 0.29) is 11.3 Å². The van der Waals surface area contributed by atoms with Crippen LogP contribution in [0.25, 0.3) is 0 Å². The Morgan fingerprint density at radius 1 is 1.00 bits per heavy atom. The summed E-state index contributed by atoms with van der Waals surface area (Å²) in [5.74, 6) is 1.33. The van der Waals surface area contributed by atoms with E-state index < -0.39 is 45.0 Å². The zero-order valence-electron chi connectivity index (χ0n) is 20.7. The van der Waals surface area contributed by atoms with Gasteiger partial charge in [-0.05, 0) is 37.3 Å². The third-order valence-electron chi connectivity index (χ3n) is 4.92. The number of anilines is 1. The largest absolute Gasteiger partial charge is 0.468 e. The molecule has 0 spiro atoms. The molecule has 1 aromatic carbocycles. The molecule has 11 nitrogen and oxygen atoms in total. The zero-order chi connectivity index (χ0) is 27.7. The standard InChI is InChI=1S/C26H23N3O8S/c1-17-9-10-37-24(17)26(33)28-21-6-4-5-18(12-21)7-8-19-11-20(14-27-13-19)25(32)29-38(34,15-22(30)35-2)16-23(31)36-3/h4-6,9-14H,15-16H2,1-3H3,(H,28,33). The zero-order valence-corrected chi connectivity index (χ0v) is 21.5. The highest BCUT2D eigenvalue weighted by Gasteiger charge is 2.23. The van der Waals surface area contributed by atoms with Crippen molar-refractivity contribution in [1.29, 1.82) is 0 Å². The van der Waals surface area contributed by atoms with E-state index in [9.17, 15) is 23.4 Å². The molecule has 0 bridgehead atoms. The lowest BCUT2D eigenvalue weighted by molar-refractivity contribution is -0.137. The molecule has 0 radical (unpaired) electrons. The maximum absolute atomic E-state index is 13.0. The Labute approximate surface area is 218 Å². The molecule has 0 saturated carbocycles. The number of carbonyl (C=O) groups is 4. The minimum absolute atomic E-state index is 0.0471. The first-order chi connectivity index (χ1) is 18.1. The van der Waals surface area contributed by atoms with Crippen molar-refractivity contribution < 1.29 is 37.3 Å². The number of pyridine rings is 1. The van der Waals surface area contributed by atoms with Gasteiger partial charge in [-0.3, -0.25) is 24.2 Å². The van der Waals surface area contributed by atoms with Gasteiger partial charge in [0, 0.05) is 34.8 Å². The van der Waals surface area contributed by atoms with Crippen molar-refractivity contribution in [2.45, 2.75) is 6.92 Å². The SMILES string of the molecule is COC(=O)CS(=O)(CC(=O)OC)=NC(=O)c1cncc(C#Cc2cccc(NC(=O)c3occc3C)c2)c1. The van der Waals surface area contributed by atoms with Crippen LogP contribution < -0.4 is 5.32 Å². The lowest BCUT2D eigenvalue weighted by atomic mass is 10.1. The number of carbonyl (C=O) groups excluding carboxylic acids is 4. The summed E-state index contributed by atoms with van der Waals surface area (Å²) >= 11 is 0. The number of esters is 2. The van der Waals surface area contributed by atoms with Gasteiger partial charge in [0.15, 0.2) is 5.76 Å². The van der Waals surface area contributed by atoms with Gasteiger partial charge < -0.3 is 19.2 Å². The molecule has 0 unspecified atom stereocenters. The van der Waals surface area contributed by atoms with Crippen LogP contribution in [0.5, 0.6) is 0 Å². The van der Waals surface area contributed by atoms with Gasteiger partial charge in [-0.1, -0.05) is 17.9 Å². The molecule has 3 rings (SSSR count). The van der Waals surface area contributed by atoms with Crippen molar-refractivity contribution in [2.24, 2.45) is 4.36 Å². The predicted molar refractivity (Wildman–Crippen MR) is 137 cm³/mol. The first-order valence-electron chi connectivity index (χ1n) is 11.0. The second kappa shape index (κ2) is 12.5. The Kier molecular flexibility index (Phi) is 9.13. The molecule has 0 aliphatic rings. The summed E-state index contributed by atoms with van der Waals surface area (Å²) in [5, 5.41) is 2.74. The van der Waals surface area contributed by atoms with Gasteiger partial charge in [-0.2, -0.15) is 4.36 Å². The van der Waals surface area contributed by atoms with Gasteiger partial charge in [-0.15, -0.1) is 0 Å². The third kappa shape index (κ3) is 7.62. The van der Waals surface area contributed by atoms with Crippen LogP contribution in [0.3, 0.4) is 0 Å². The molecule has 2 aromatic heterocycles. The Balaban J connectivity index is 1.81. The van der Waals surface area contributed by atoms with Crippen LogP contribution in [0, 0.1) is 18.8 Å². The van der Waals surface area contributed by atoms with Crippen LogP contribution in [-0.2, 0) is 28.8 Å². The molecule has 0 saturated heterocycles. The normalized spacial score (nSPS) is 10.5. The molecule has 0 atom stereocenters. The molecule has 38 heavy (non-hydrogen) atoms. The summed E-state index contributed by atoms with van der Waals surface area (Å²) in [4.78, 5) is 52.4. The first-order valence-corrected chi connectivity index (χ1v) is 12.8. The highest BCUT2D eigenvalue weighted by Crippen LogP contribution is 2.15. The van der Waals surface area contributed by atoms with Crippen LogP contribution in [0.2, 0.25) is 0 Å². The maximum Gasteiger partial charge on any atom is 0.319 e. The lowest BCUT2D eigenvalue weighted by Crippen LogP contribution is -2.26. The van der Waals surface area contributed by atoms with Gasteiger partial charge in [0.05, 0.1) is 35.8 Å². The van der Waals surface area contributed by atoms with E-state index >= 15 is 0 Å². The van der Waals surface area contributed by atoms with E-state index in [4.69, 9.17) is 4.42 Å². The minimum Gasteiger partial charge on any atom is -0.468 e. The van der Waals surface area contributed by atoms with Crippen molar-refractivity contribution >= 4 is 39.2 Å². The average Bonchev–Trinajstić information content (AvgIpc) is 3.33. The van der Waals surface area contributed by atoms with E-state index in [1.165, 1.54) is 24.7 Å². The smallest absolute Gasteiger partial charge is 0.319 e. The minimum atomic E-state index is -3.64. The highest BCUT2D eigenvalue weighted by molar-refractivity contribution is 7.95. The fraction of sp³-hybridized carbons (Fsp3) is 0.192. The molecule has 3 aromatic rings. The summed E-state index contributed by atoms with van der Waals surface area (Å²) in [6.45, 7) is 1.76. The third-order valence-corrected chi connectivity index (χ3v) is 6.79. The van der Waals surface area contributed by atoms with Crippen LogP contribution in [-0.4, -0.2) is 58.7 Å². The Morgan fingerprint density at radius 2 is 1.68 bits per heavy atom. The second-order valence-corrected chi connectivity index (χ2v) is 10.1. The van der Waals surface area contributed by atoms with Crippen molar-refractivity contribution in [1.82, 2.24) is 4.98 Å². The average molecular weight is 538 g/mol. The molecular formula is C26H23N3O8S. The van der Waals surface area contributed by atoms with Crippen molar-refractivity contribution in [3.8, 4) is 11.8 Å². The molecule has 0 aliphatic heterocycles. The van der Waals surface area contributed by atoms with E-state index in [0.29, 0.717) is 22.4 Å². The number of amides is 2. The van der Waals surface area contributed by atoms with Crippen molar-refractivity contribution in [3.05, 3.63) is 83.1 Å². The number of rotatable bonds is 7. The number of ether oxygens (including phenoxy) is 2. The van der Waals surface area contributed by atoms with Gasteiger partial charge in [0.2, 0.25) is 0 Å².